The summed E-state index contributed by atoms with van der Waals surface area (Å²) in [5, 5.41) is -0.679. The number of aliphatic imine (C=N–C) groups is 1. The number of hydrogen-bond acceptors (Lipinski definition) is 5. The van der Waals surface area contributed by atoms with Crippen LogP contribution in [-0.4, -0.2) is 40.8 Å². The molecule has 0 saturated carbocycles. The molecule has 1 atom stereocenters. The fourth-order valence-electron chi connectivity index (χ4n) is 2.97. The van der Waals surface area contributed by atoms with Crippen molar-refractivity contribution in [3.8, 4) is 5.75 Å². The van der Waals surface area contributed by atoms with Crippen molar-refractivity contribution in [3.05, 3.63) is 59.7 Å². The van der Waals surface area contributed by atoms with E-state index >= 15 is 0 Å². The SMILES string of the molecule is COc1ccc(CCN2C(=O)CC(C(N)=O)SC2=Nc2cccc(C(F)(F)F)c2)cc1. The molecular formula is C21H20F3N3O3S. The second kappa shape index (κ2) is 9.42. The Labute approximate surface area is 181 Å². The number of hydrogen-bond donors (Lipinski definition) is 1. The van der Waals surface area contributed by atoms with Gasteiger partial charge < -0.3 is 10.5 Å². The van der Waals surface area contributed by atoms with Crippen LogP contribution in [0.25, 0.3) is 0 Å². The first-order valence-electron chi connectivity index (χ1n) is 9.32. The molecule has 164 valence electrons. The second-order valence-corrected chi connectivity index (χ2v) is 7.97. The third-order valence-electron chi connectivity index (χ3n) is 4.64. The molecule has 0 aromatic heterocycles. The molecule has 1 saturated heterocycles. The average Bonchev–Trinajstić information content (AvgIpc) is 2.73. The van der Waals surface area contributed by atoms with E-state index in [1.165, 1.54) is 17.0 Å². The monoisotopic (exact) mass is 451 g/mol. The number of benzene rings is 2. The Balaban J connectivity index is 1.87. The number of nitrogens with zero attached hydrogens (tertiary/aromatic N) is 2. The first-order chi connectivity index (χ1) is 14.7. The number of amidine groups is 1. The highest BCUT2D eigenvalue weighted by atomic mass is 32.2. The summed E-state index contributed by atoms with van der Waals surface area (Å²) in [6.07, 6.45) is -4.13. The number of methoxy groups -OCH3 is 1. The third kappa shape index (κ3) is 5.78. The number of rotatable bonds is 6. The predicted molar refractivity (Wildman–Crippen MR) is 112 cm³/mol. The number of nitrogens with two attached hydrogens (primary N) is 1. The lowest BCUT2D eigenvalue weighted by Crippen LogP contribution is -2.46. The Hall–Kier alpha value is -3.01. The molecule has 2 aromatic rings. The lowest BCUT2D eigenvalue weighted by molar-refractivity contribution is -0.137. The number of carbonyl (C=O) groups is 2. The molecule has 1 unspecified atom stereocenters. The van der Waals surface area contributed by atoms with Crippen LogP contribution < -0.4 is 10.5 Å². The van der Waals surface area contributed by atoms with Crippen molar-refractivity contribution in [2.24, 2.45) is 10.7 Å². The molecule has 1 heterocycles. The molecule has 3 rings (SSSR count). The molecule has 6 nitrogen and oxygen atoms in total. The predicted octanol–water partition coefficient (Wildman–Crippen LogP) is 3.76. The molecule has 0 aliphatic carbocycles. The molecule has 1 aliphatic heterocycles. The lowest BCUT2D eigenvalue weighted by atomic mass is 10.1. The molecule has 0 bridgehead atoms. The fraction of sp³-hybridized carbons (Fsp3) is 0.286. The second-order valence-electron chi connectivity index (χ2n) is 6.80. The van der Waals surface area contributed by atoms with Crippen molar-refractivity contribution in [1.82, 2.24) is 4.90 Å². The van der Waals surface area contributed by atoms with E-state index in [0.29, 0.717) is 12.2 Å². The maximum atomic E-state index is 13.0. The maximum absolute atomic E-state index is 13.0. The molecule has 1 aliphatic rings. The standard InChI is InChI=1S/C21H20F3N3O3S/c1-30-16-7-5-13(6-8-16)9-10-27-18(28)12-17(19(25)29)31-20(27)26-15-4-2-3-14(11-15)21(22,23)24/h2-8,11,17H,9-10,12H2,1H3,(H2,25,29). The third-order valence-corrected chi connectivity index (χ3v) is 5.84. The quantitative estimate of drug-likeness (QED) is 0.725. The maximum Gasteiger partial charge on any atom is 0.416 e. The molecule has 2 amide bonds. The molecule has 31 heavy (non-hydrogen) atoms. The smallest absolute Gasteiger partial charge is 0.416 e. The van der Waals surface area contributed by atoms with Gasteiger partial charge in [-0.05, 0) is 42.3 Å². The van der Waals surface area contributed by atoms with Crippen molar-refractivity contribution in [3.63, 3.8) is 0 Å². The van der Waals surface area contributed by atoms with Crippen LogP contribution in [0.5, 0.6) is 5.75 Å². The van der Waals surface area contributed by atoms with Crippen LogP contribution in [0.2, 0.25) is 0 Å². The number of carbonyl (C=O) groups excluding carboxylic acids is 2. The van der Waals surface area contributed by atoms with Gasteiger partial charge in [0.25, 0.3) is 0 Å². The van der Waals surface area contributed by atoms with E-state index in [-0.39, 0.29) is 29.7 Å². The van der Waals surface area contributed by atoms with Gasteiger partial charge >= 0.3 is 6.18 Å². The molecule has 0 spiro atoms. The van der Waals surface area contributed by atoms with Crippen molar-refractivity contribution >= 4 is 34.4 Å². The number of amides is 2. The van der Waals surface area contributed by atoms with Gasteiger partial charge in [-0.15, -0.1) is 0 Å². The Morgan fingerprint density at radius 3 is 2.58 bits per heavy atom. The normalized spacial score (nSPS) is 18.3. The van der Waals surface area contributed by atoms with Gasteiger partial charge in [0.15, 0.2) is 5.17 Å². The first kappa shape index (κ1) is 22.7. The van der Waals surface area contributed by atoms with Gasteiger partial charge in [-0.25, -0.2) is 4.99 Å². The Morgan fingerprint density at radius 1 is 1.26 bits per heavy atom. The lowest BCUT2D eigenvalue weighted by Gasteiger charge is -2.31. The van der Waals surface area contributed by atoms with E-state index < -0.39 is 22.9 Å². The number of halogens is 3. The van der Waals surface area contributed by atoms with Crippen LogP contribution in [0.1, 0.15) is 17.5 Å². The molecule has 2 N–H and O–H groups in total. The molecule has 10 heteroatoms. The van der Waals surface area contributed by atoms with Crippen LogP contribution in [0.15, 0.2) is 53.5 Å². The summed E-state index contributed by atoms with van der Waals surface area (Å²) >= 11 is 0.980. The van der Waals surface area contributed by atoms with E-state index in [9.17, 15) is 22.8 Å². The molecule has 0 radical (unpaired) electrons. The highest BCUT2D eigenvalue weighted by Gasteiger charge is 2.35. The van der Waals surface area contributed by atoms with Crippen LogP contribution in [0.3, 0.4) is 0 Å². The minimum absolute atomic E-state index is 0.0321. The van der Waals surface area contributed by atoms with Crippen molar-refractivity contribution < 1.29 is 27.5 Å². The van der Waals surface area contributed by atoms with Crippen LogP contribution in [0.4, 0.5) is 18.9 Å². The zero-order valence-electron chi connectivity index (χ0n) is 16.6. The Morgan fingerprint density at radius 2 is 1.97 bits per heavy atom. The summed E-state index contributed by atoms with van der Waals surface area (Å²) in [5.74, 6) is -0.337. The highest BCUT2D eigenvalue weighted by Crippen LogP contribution is 2.33. The van der Waals surface area contributed by atoms with E-state index in [2.05, 4.69) is 4.99 Å². The summed E-state index contributed by atoms with van der Waals surface area (Å²) < 4.78 is 44.2. The van der Waals surface area contributed by atoms with E-state index in [1.807, 2.05) is 12.1 Å². The zero-order valence-corrected chi connectivity index (χ0v) is 17.4. The van der Waals surface area contributed by atoms with E-state index in [1.54, 1.807) is 19.2 Å². The van der Waals surface area contributed by atoms with Crippen molar-refractivity contribution in [1.29, 1.82) is 0 Å². The Bertz CT molecular complexity index is 993. The van der Waals surface area contributed by atoms with Gasteiger partial charge in [0.05, 0.1) is 23.6 Å². The minimum atomic E-state index is -4.52. The zero-order chi connectivity index (χ0) is 22.6. The fourth-order valence-corrected chi connectivity index (χ4v) is 4.04. The van der Waals surface area contributed by atoms with Gasteiger partial charge in [0, 0.05) is 13.0 Å². The van der Waals surface area contributed by atoms with Crippen molar-refractivity contribution in [2.75, 3.05) is 13.7 Å². The molecule has 2 aromatic carbocycles. The highest BCUT2D eigenvalue weighted by molar-refractivity contribution is 8.15. The molecule has 1 fully saturated rings. The topological polar surface area (TPSA) is 85.0 Å². The van der Waals surface area contributed by atoms with Gasteiger partial charge in [0.1, 0.15) is 5.75 Å². The summed E-state index contributed by atoms with van der Waals surface area (Å²) in [6, 6.07) is 11.8. The van der Waals surface area contributed by atoms with E-state index in [0.717, 1.165) is 29.5 Å². The van der Waals surface area contributed by atoms with Gasteiger partial charge in [0.2, 0.25) is 11.8 Å². The number of thioether (sulfide) groups is 1. The van der Waals surface area contributed by atoms with Gasteiger partial charge in [-0.3, -0.25) is 14.5 Å². The summed E-state index contributed by atoms with van der Waals surface area (Å²) in [6.45, 7) is 0.251. The average molecular weight is 451 g/mol. The Kier molecular flexibility index (Phi) is 6.89. The van der Waals surface area contributed by atoms with Crippen LogP contribution >= 0.6 is 11.8 Å². The van der Waals surface area contributed by atoms with Crippen LogP contribution in [0, 0.1) is 0 Å². The largest absolute Gasteiger partial charge is 0.497 e. The molecular weight excluding hydrogens is 431 g/mol. The van der Waals surface area contributed by atoms with Gasteiger partial charge in [-0.2, -0.15) is 13.2 Å². The number of primary amides is 1. The number of ether oxygens (including phenoxy) is 1. The van der Waals surface area contributed by atoms with Crippen molar-refractivity contribution in [2.45, 2.75) is 24.3 Å². The summed E-state index contributed by atoms with van der Waals surface area (Å²) in [5.41, 5.74) is 5.48. The van der Waals surface area contributed by atoms with Crippen LogP contribution in [-0.2, 0) is 22.2 Å². The minimum Gasteiger partial charge on any atom is -0.497 e. The summed E-state index contributed by atoms with van der Waals surface area (Å²) in [7, 11) is 1.56. The van der Waals surface area contributed by atoms with Gasteiger partial charge in [-0.1, -0.05) is 30.0 Å². The van der Waals surface area contributed by atoms with E-state index in [4.69, 9.17) is 10.5 Å². The number of alkyl halides is 3. The first-order valence-corrected chi connectivity index (χ1v) is 10.2. The summed E-state index contributed by atoms with van der Waals surface area (Å²) in [4.78, 5) is 30.0.